The van der Waals surface area contributed by atoms with E-state index in [9.17, 15) is 5.39 Å². The van der Waals surface area contributed by atoms with E-state index in [1.54, 1.807) is 0 Å². The molecule has 0 heterocycles. The van der Waals surface area contributed by atoms with E-state index in [0.29, 0.717) is 17.1 Å². The normalized spacial score (nSPS) is 14.0. The van der Waals surface area contributed by atoms with Crippen LogP contribution in [0.1, 0.15) is 22.3 Å². The van der Waals surface area contributed by atoms with Gasteiger partial charge in [0.2, 0.25) is 5.39 Å². The topological polar surface area (TPSA) is 68.5 Å². The minimum Gasteiger partial charge on any atom is -0.235 e. The highest BCUT2D eigenvalue weighted by Gasteiger charge is 2.37. The molecule has 1 aliphatic rings. The summed E-state index contributed by atoms with van der Waals surface area (Å²) in [5.74, 6) is 0. The second kappa shape index (κ2) is 11.3. The van der Waals surface area contributed by atoms with Gasteiger partial charge in [-0.05, 0) is 24.3 Å². The van der Waals surface area contributed by atoms with E-state index in [2.05, 4.69) is 10.1 Å². The van der Waals surface area contributed by atoms with Gasteiger partial charge in [0.15, 0.2) is 0 Å². The molecular weight excluding hydrogens is 492 g/mol. The molecule has 0 N–H and O–H groups in total. The highest BCUT2D eigenvalue weighted by molar-refractivity contribution is 6.41. The van der Waals surface area contributed by atoms with Crippen LogP contribution in [-0.4, -0.2) is 17.1 Å². The second-order valence-corrected chi connectivity index (χ2v) is 9.05. The van der Waals surface area contributed by atoms with Crippen LogP contribution in [0.4, 0.5) is 11.4 Å². The van der Waals surface area contributed by atoms with Crippen molar-refractivity contribution >= 4 is 28.5 Å². The molecule has 0 saturated carbocycles. The molecule has 0 fully saturated rings. The molecule has 190 valence electrons. The van der Waals surface area contributed by atoms with Crippen LogP contribution in [0.3, 0.4) is 0 Å². The minimum absolute atomic E-state index is 0.252. The van der Waals surface area contributed by atoms with Crippen molar-refractivity contribution in [2.75, 3.05) is 5.01 Å². The van der Waals surface area contributed by atoms with Crippen LogP contribution in [0.2, 0.25) is 0 Å². The van der Waals surface area contributed by atoms with Crippen LogP contribution in [0, 0.1) is 11.4 Å². The SMILES string of the molecule is N#[N+][C-]1/C(=N/N=C(c2ccccc2)c2ccccc2)c2ccccc2/C1=N\N(c1ccccc1)c1ccccc1. The quantitative estimate of drug-likeness (QED) is 0.0997. The number of para-hydroxylation sites is 2. The summed E-state index contributed by atoms with van der Waals surface area (Å²) in [7, 11) is 0. The minimum atomic E-state index is 0.252. The Kier molecular flexibility index (Phi) is 6.93. The van der Waals surface area contributed by atoms with Crippen LogP contribution < -0.4 is 5.01 Å². The first-order valence-corrected chi connectivity index (χ1v) is 12.9. The molecule has 0 radical (unpaired) electrons. The van der Waals surface area contributed by atoms with E-state index in [4.69, 9.17) is 10.2 Å². The summed E-state index contributed by atoms with van der Waals surface area (Å²) >= 11 is 0. The van der Waals surface area contributed by atoms with Crippen LogP contribution >= 0.6 is 0 Å². The first kappa shape index (κ1) is 24.5. The number of nitrogens with zero attached hydrogens (tertiary/aromatic N) is 6. The number of fused-ring (bicyclic) bond motifs is 1. The molecule has 1 aliphatic carbocycles. The maximum atomic E-state index is 10.3. The van der Waals surface area contributed by atoms with E-state index in [1.807, 2.05) is 151 Å². The van der Waals surface area contributed by atoms with Crippen LogP contribution in [0.5, 0.6) is 0 Å². The van der Waals surface area contributed by atoms with E-state index in [1.165, 1.54) is 0 Å². The number of hydrazone groups is 1. The fraction of sp³-hybridized carbons (Fsp3) is 0. The molecule has 0 bridgehead atoms. The van der Waals surface area contributed by atoms with Gasteiger partial charge in [0.05, 0.1) is 22.8 Å². The molecule has 5 aromatic rings. The molecule has 6 nitrogen and oxygen atoms in total. The van der Waals surface area contributed by atoms with Crippen molar-refractivity contribution in [3.63, 3.8) is 0 Å². The standard InChI is InChI=1S/C34H24N6/c35-36-34-32(38-37-31(25-15-5-1-6-16-25)26-17-7-2-8-18-26)29-23-13-14-24-30(29)33(34)39-40(27-19-9-3-10-20-27)28-21-11-4-12-22-28/h1-24H/b38-32+,39-33+. The fourth-order valence-electron chi connectivity index (χ4n) is 4.64. The molecule has 40 heavy (non-hydrogen) atoms. The maximum Gasteiger partial charge on any atom is 0.331 e. The number of rotatable bonds is 6. The van der Waals surface area contributed by atoms with Gasteiger partial charge in [-0.15, -0.1) is 23.3 Å². The second-order valence-electron chi connectivity index (χ2n) is 9.05. The zero-order valence-electron chi connectivity index (χ0n) is 21.5. The number of hydrogen-bond donors (Lipinski definition) is 0. The Hall–Kier alpha value is -5.80. The lowest BCUT2D eigenvalue weighted by molar-refractivity contribution is 1.08. The Morgan fingerprint density at radius 1 is 0.550 bits per heavy atom. The highest BCUT2D eigenvalue weighted by atomic mass is 15.5. The summed E-state index contributed by atoms with van der Waals surface area (Å²) in [5.41, 5.74) is 6.86. The lowest BCUT2D eigenvalue weighted by Crippen LogP contribution is -2.17. The Labute approximate surface area is 232 Å². The van der Waals surface area contributed by atoms with E-state index in [0.717, 1.165) is 33.6 Å². The smallest absolute Gasteiger partial charge is 0.235 e. The fourth-order valence-corrected chi connectivity index (χ4v) is 4.64. The van der Waals surface area contributed by atoms with Gasteiger partial charge >= 0.3 is 6.04 Å². The average Bonchev–Trinajstić information content (AvgIpc) is 3.34. The third-order valence-electron chi connectivity index (χ3n) is 6.53. The van der Waals surface area contributed by atoms with Crippen molar-refractivity contribution in [3.8, 4) is 0 Å². The van der Waals surface area contributed by atoms with Crippen LogP contribution in [-0.2, 0) is 0 Å². The van der Waals surface area contributed by atoms with Gasteiger partial charge in [0, 0.05) is 11.1 Å². The summed E-state index contributed by atoms with van der Waals surface area (Å²) in [6.45, 7) is 0. The van der Waals surface area contributed by atoms with Gasteiger partial charge in [0.1, 0.15) is 10.7 Å². The third kappa shape index (κ3) is 4.87. The summed E-state index contributed by atoms with van der Waals surface area (Å²) in [6.07, 6.45) is 0. The van der Waals surface area contributed by atoms with Crippen LogP contribution in [0.15, 0.2) is 161 Å². The van der Waals surface area contributed by atoms with Crippen molar-refractivity contribution < 1.29 is 0 Å². The Balaban J connectivity index is 1.51. The lowest BCUT2D eigenvalue weighted by Gasteiger charge is -2.21. The van der Waals surface area contributed by atoms with Gasteiger partial charge in [-0.25, -0.2) is 5.01 Å². The molecule has 6 rings (SSSR count). The van der Waals surface area contributed by atoms with Gasteiger partial charge in [-0.3, -0.25) is 0 Å². The first-order chi connectivity index (χ1) is 19.8. The zero-order chi connectivity index (χ0) is 27.1. The molecule has 0 atom stereocenters. The summed E-state index contributed by atoms with van der Waals surface area (Å²) in [6, 6.07) is 47.6. The number of anilines is 2. The highest BCUT2D eigenvalue weighted by Crippen LogP contribution is 2.34. The predicted molar refractivity (Wildman–Crippen MR) is 161 cm³/mol. The molecule has 0 saturated heterocycles. The average molecular weight is 517 g/mol. The summed E-state index contributed by atoms with van der Waals surface area (Å²) < 4.78 is 0. The van der Waals surface area contributed by atoms with Crippen molar-refractivity contribution in [3.05, 3.63) is 179 Å². The summed E-state index contributed by atoms with van der Waals surface area (Å²) in [4.78, 5) is 3.69. The molecular formula is C34H24N6. The van der Waals surface area contributed by atoms with Crippen molar-refractivity contribution in [2.24, 2.45) is 15.3 Å². The Morgan fingerprint density at radius 2 is 0.975 bits per heavy atom. The van der Waals surface area contributed by atoms with Crippen molar-refractivity contribution in [1.82, 2.24) is 0 Å². The van der Waals surface area contributed by atoms with Crippen molar-refractivity contribution in [2.45, 2.75) is 0 Å². The van der Waals surface area contributed by atoms with E-state index >= 15 is 0 Å². The Bertz CT molecular complexity index is 1660. The van der Waals surface area contributed by atoms with Gasteiger partial charge < -0.3 is 0 Å². The summed E-state index contributed by atoms with van der Waals surface area (Å²) in [5, 5.41) is 26.6. The monoisotopic (exact) mass is 516 g/mol. The zero-order valence-corrected chi connectivity index (χ0v) is 21.5. The van der Waals surface area contributed by atoms with Crippen LogP contribution in [0.25, 0.3) is 4.98 Å². The largest absolute Gasteiger partial charge is 0.331 e. The molecule has 5 aromatic carbocycles. The number of hydrogen-bond acceptors (Lipinski definition) is 5. The molecule has 0 aliphatic heterocycles. The molecule has 0 unspecified atom stereocenters. The number of benzene rings is 5. The number of diazo groups is 1. The molecule has 0 aromatic heterocycles. The van der Waals surface area contributed by atoms with E-state index < -0.39 is 0 Å². The van der Waals surface area contributed by atoms with Crippen molar-refractivity contribution in [1.29, 1.82) is 5.39 Å². The van der Waals surface area contributed by atoms with Gasteiger partial charge in [-0.2, -0.15) is 15.3 Å². The molecule has 0 spiro atoms. The predicted octanol–water partition coefficient (Wildman–Crippen LogP) is 7.87. The third-order valence-corrected chi connectivity index (χ3v) is 6.53. The van der Waals surface area contributed by atoms with E-state index in [-0.39, 0.29) is 6.04 Å². The molecule has 0 amide bonds. The van der Waals surface area contributed by atoms with Gasteiger partial charge in [-0.1, -0.05) is 109 Å². The van der Waals surface area contributed by atoms with Gasteiger partial charge in [0.25, 0.3) is 0 Å². The maximum absolute atomic E-state index is 10.3. The Morgan fingerprint density at radius 3 is 1.45 bits per heavy atom. The molecule has 6 heteroatoms. The lowest BCUT2D eigenvalue weighted by atomic mass is 10.0. The first-order valence-electron chi connectivity index (χ1n) is 12.9.